The topological polar surface area (TPSA) is 132 Å². The maximum absolute atomic E-state index is 11.4. The third kappa shape index (κ3) is 3.13. The van der Waals surface area contributed by atoms with E-state index >= 15 is 0 Å². The molecule has 8 heteroatoms. The highest BCUT2D eigenvalue weighted by Crippen LogP contribution is 2.22. The number of aromatic amines is 1. The van der Waals surface area contributed by atoms with Crippen LogP contribution >= 0.6 is 0 Å². The molecule has 0 aliphatic carbocycles. The molecule has 0 amide bonds. The van der Waals surface area contributed by atoms with Crippen molar-refractivity contribution in [2.24, 2.45) is 0 Å². The molecular formula is C16H18N6O2. The second kappa shape index (κ2) is 6.55. The molecule has 0 saturated heterocycles. The van der Waals surface area contributed by atoms with E-state index in [4.69, 9.17) is 11.5 Å². The number of carbonyl (C=O) groups excluding carboxylic acids is 1. The summed E-state index contributed by atoms with van der Waals surface area (Å²) >= 11 is 0. The number of ether oxygens (including phenoxy) is 1. The Morgan fingerprint density at radius 3 is 2.67 bits per heavy atom. The number of nitrogens with two attached hydrogens (primary N) is 2. The Balaban J connectivity index is 1.65. The number of nitrogens with one attached hydrogen (secondary N) is 2. The molecule has 3 aromatic rings. The maximum Gasteiger partial charge on any atom is 0.337 e. The summed E-state index contributed by atoms with van der Waals surface area (Å²) in [5, 5.41) is 4.10. The average molecular weight is 326 g/mol. The van der Waals surface area contributed by atoms with Gasteiger partial charge in [-0.15, -0.1) is 0 Å². The van der Waals surface area contributed by atoms with Crippen molar-refractivity contribution in [2.75, 3.05) is 18.6 Å². The van der Waals surface area contributed by atoms with Crippen molar-refractivity contribution < 1.29 is 9.53 Å². The third-order valence-electron chi connectivity index (χ3n) is 3.68. The Kier molecular flexibility index (Phi) is 4.30. The van der Waals surface area contributed by atoms with Crippen LogP contribution in [-0.2, 0) is 17.8 Å². The Bertz CT molecular complexity index is 872. The Morgan fingerprint density at radius 1 is 1.21 bits per heavy atom. The van der Waals surface area contributed by atoms with Gasteiger partial charge in [-0.3, -0.25) is 0 Å². The fraction of sp³-hybridized carbons (Fsp3) is 0.188. The predicted octanol–water partition coefficient (Wildman–Crippen LogP) is 1.20. The number of rotatable bonds is 5. The highest BCUT2D eigenvalue weighted by Gasteiger charge is 2.10. The van der Waals surface area contributed by atoms with Gasteiger partial charge in [-0.25, -0.2) is 4.79 Å². The van der Waals surface area contributed by atoms with Gasteiger partial charge in [0.05, 0.1) is 18.1 Å². The van der Waals surface area contributed by atoms with Crippen LogP contribution in [0.1, 0.15) is 21.5 Å². The molecule has 124 valence electrons. The van der Waals surface area contributed by atoms with Gasteiger partial charge in [0.25, 0.3) is 0 Å². The van der Waals surface area contributed by atoms with Crippen LogP contribution < -0.4 is 16.8 Å². The number of fused-ring (bicyclic) bond motifs is 1. The number of methoxy groups -OCH3 is 1. The molecule has 6 N–H and O–H groups in total. The van der Waals surface area contributed by atoms with Crippen LogP contribution in [-0.4, -0.2) is 28.0 Å². The number of esters is 1. The van der Waals surface area contributed by atoms with Crippen LogP contribution in [0.15, 0.2) is 30.5 Å². The molecule has 8 nitrogen and oxygen atoms in total. The largest absolute Gasteiger partial charge is 0.465 e. The van der Waals surface area contributed by atoms with Crippen molar-refractivity contribution in [3.63, 3.8) is 0 Å². The van der Waals surface area contributed by atoms with E-state index in [1.54, 1.807) is 12.1 Å². The Labute approximate surface area is 138 Å². The number of H-pyrrole nitrogens is 1. The van der Waals surface area contributed by atoms with Gasteiger partial charge in [0, 0.05) is 19.3 Å². The van der Waals surface area contributed by atoms with Gasteiger partial charge in [0.15, 0.2) is 0 Å². The standard InChI is InChI=1S/C16H18N6O2/c1-24-15(23)10-4-2-9(3-5-10)6-19-7-11-8-20-14-12(11)13(17)21-16(18)22-14/h2-5,8,19H,6-7H2,1H3,(H5,17,18,20,21,22). The molecule has 2 aromatic heterocycles. The summed E-state index contributed by atoms with van der Waals surface area (Å²) in [6, 6.07) is 7.24. The van der Waals surface area contributed by atoms with E-state index in [0.29, 0.717) is 30.1 Å². The van der Waals surface area contributed by atoms with Crippen LogP contribution in [0, 0.1) is 0 Å². The summed E-state index contributed by atoms with van der Waals surface area (Å²) in [5.41, 5.74) is 14.7. The molecule has 0 fully saturated rings. The van der Waals surface area contributed by atoms with Gasteiger partial charge in [0.1, 0.15) is 11.5 Å². The molecule has 1 aromatic carbocycles. The van der Waals surface area contributed by atoms with Gasteiger partial charge in [-0.2, -0.15) is 9.97 Å². The summed E-state index contributed by atoms with van der Waals surface area (Å²) in [5.74, 6) is 0.160. The smallest absolute Gasteiger partial charge is 0.337 e. The highest BCUT2D eigenvalue weighted by atomic mass is 16.5. The lowest BCUT2D eigenvalue weighted by Gasteiger charge is -2.06. The van der Waals surface area contributed by atoms with E-state index in [1.807, 2.05) is 18.3 Å². The van der Waals surface area contributed by atoms with Gasteiger partial charge in [-0.1, -0.05) is 12.1 Å². The van der Waals surface area contributed by atoms with E-state index in [-0.39, 0.29) is 11.9 Å². The van der Waals surface area contributed by atoms with Crippen LogP contribution in [0.4, 0.5) is 11.8 Å². The lowest BCUT2D eigenvalue weighted by Crippen LogP contribution is -2.13. The molecule has 3 rings (SSSR count). The summed E-state index contributed by atoms with van der Waals surface area (Å²) < 4.78 is 4.68. The van der Waals surface area contributed by atoms with Crippen molar-refractivity contribution in [2.45, 2.75) is 13.1 Å². The Hall–Kier alpha value is -3.13. The number of aromatic nitrogens is 3. The number of hydrogen-bond donors (Lipinski definition) is 4. The monoisotopic (exact) mass is 326 g/mol. The molecule has 0 bridgehead atoms. The average Bonchev–Trinajstić information content (AvgIpc) is 2.98. The molecule has 0 aliphatic rings. The predicted molar refractivity (Wildman–Crippen MR) is 91.0 cm³/mol. The zero-order valence-corrected chi connectivity index (χ0v) is 13.2. The maximum atomic E-state index is 11.4. The van der Waals surface area contributed by atoms with Gasteiger partial charge in [-0.05, 0) is 23.3 Å². The minimum absolute atomic E-state index is 0.145. The van der Waals surface area contributed by atoms with Crippen LogP contribution in [0.25, 0.3) is 11.0 Å². The van der Waals surface area contributed by atoms with Crippen molar-refractivity contribution in [1.82, 2.24) is 20.3 Å². The quantitative estimate of drug-likeness (QED) is 0.518. The SMILES string of the molecule is COC(=O)c1ccc(CNCc2c[nH]c3nc(N)nc(N)c23)cc1. The molecule has 0 atom stereocenters. The van der Waals surface area contributed by atoms with E-state index in [9.17, 15) is 4.79 Å². The normalized spacial score (nSPS) is 10.9. The lowest BCUT2D eigenvalue weighted by molar-refractivity contribution is 0.0600. The molecule has 0 saturated carbocycles. The minimum atomic E-state index is -0.344. The number of nitrogens with zero attached hydrogens (tertiary/aromatic N) is 2. The van der Waals surface area contributed by atoms with Crippen LogP contribution in [0.3, 0.4) is 0 Å². The molecule has 0 spiro atoms. The minimum Gasteiger partial charge on any atom is -0.465 e. The summed E-state index contributed by atoms with van der Waals surface area (Å²) in [4.78, 5) is 22.5. The summed E-state index contributed by atoms with van der Waals surface area (Å²) in [6.07, 6.45) is 1.84. The van der Waals surface area contributed by atoms with Crippen LogP contribution in [0.5, 0.6) is 0 Å². The number of anilines is 2. The first-order valence-electron chi connectivity index (χ1n) is 7.35. The first kappa shape index (κ1) is 15.8. The highest BCUT2D eigenvalue weighted by molar-refractivity contribution is 5.90. The van der Waals surface area contributed by atoms with Gasteiger partial charge >= 0.3 is 5.97 Å². The number of benzene rings is 1. The van der Waals surface area contributed by atoms with Gasteiger partial charge in [0.2, 0.25) is 5.95 Å². The summed E-state index contributed by atoms with van der Waals surface area (Å²) in [7, 11) is 1.36. The number of carbonyl (C=O) groups is 1. The fourth-order valence-electron chi connectivity index (χ4n) is 2.50. The molecule has 2 heterocycles. The van der Waals surface area contributed by atoms with E-state index in [0.717, 1.165) is 16.5 Å². The fourth-order valence-corrected chi connectivity index (χ4v) is 2.50. The number of hydrogen-bond acceptors (Lipinski definition) is 7. The third-order valence-corrected chi connectivity index (χ3v) is 3.68. The Morgan fingerprint density at radius 2 is 1.96 bits per heavy atom. The summed E-state index contributed by atoms with van der Waals surface area (Å²) in [6.45, 7) is 1.24. The lowest BCUT2D eigenvalue weighted by atomic mass is 10.1. The molecule has 0 radical (unpaired) electrons. The zero-order chi connectivity index (χ0) is 17.1. The number of nitrogen functional groups attached to an aromatic ring is 2. The first-order valence-corrected chi connectivity index (χ1v) is 7.35. The zero-order valence-electron chi connectivity index (χ0n) is 13.2. The van der Waals surface area contributed by atoms with Crippen molar-refractivity contribution in [1.29, 1.82) is 0 Å². The van der Waals surface area contributed by atoms with Crippen molar-refractivity contribution in [3.8, 4) is 0 Å². The second-order valence-electron chi connectivity index (χ2n) is 5.30. The molecule has 0 aliphatic heterocycles. The molecular weight excluding hydrogens is 308 g/mol. The molecule has 24 heavy (non-hydrogen) atoms. The van der Waals surface area contributed by atoms with E-state index < -0.39 is 0 Å². The molecule has 0 unspecified atom stereocenters. The second-order valence-corrected chi connectivity index (χ2v) is 5.30. The van der Waals surface area contributed by atoms with E-state index in [2.05, 4.69) is 25.0 Å². The van der Waals surface area contributed by atoms with Crippen LogP contribution in [0.2, 0.25) is 0 Å². The first-order chi connectivity index (χ1) is 11.6. The van der Waals surface area contributed by atoms with Crippen molar-refractivity contribution >= 4 is 28.8 Å². The van der Waals surface area contributed by atoms with Crippen molar-refractivity contribution in [3.05, 3.63) is 47.2 Å². The van der Waals surface area contributed by atoms with E-state index in [1.165, 1.54) is 7.11 Å². The van der Waals surface area contributed by atoms with Gasteiger partial charge < -0.3 is 26.5 Å².